The second-order valence-electron chi connectivity index (χ2n) is 9.40. The fourth-order valence-electron chi connectivity index (χ4n) is 4.15. The molecule has 1 aromatic heterocycles. The van der Waals surface area contributed by atoms with E-state index in [1.807, 2.05) is 70.2 Å². The molecular formula is C28H36N4O3. The van der Waals surface area contributed by atoms with Crippen molar-refractivity contribution in [2.24, 2.45) is 5.92 Å². The molecule has 0 radical (unpaired) electrons. The van der Waals surface area contributed by atoms with E-state index in [4.69, 9.17) is 4.74 Å². The number of carbonyl (C=O) groups is 2. The highest BCUT2D eigenvalue weighted by atomic mass is 16.5. The van der Waals surface area contributed by atoms with Crippen molar-refractivity contribution < 1.29 is 14.3 Å². The van der Waals surface area contributed by atoms with Crippen LogP contribution in [0.15, 0.2) is 54.7 Å². The number of hydrogen-bond donors (Lipinski definition) is 1. The van der Waals surface area contributed by atoms with E-state index in [0.717, 1.165) is 40.8 Å². The van der Waals surface area contributed by atoms with Crippen LogP contribution in [0.1, 0.15) is 59.4 Å². The van der Waals surface area contributed by atoms with Gasteiger partial charge in [-0.15, -0.1) is 0 Å². The fraction of sp³-hybridized carbons (Fsp3) is 0.429. The van der Waals surface area contributed by atoms with Crippen LogP contribution < -0.4 is 0 Å². The number of H-pyrrole nitrogens is 1. The molecule has 1 N–H and O–H groups in total. The topological polar surface area (TPSA) is 88.2 Å². The van der Waals surface area contributed by atoms with Gasteiger partial charge in [-0.1, -0.05) is 75.7 Å². The Morgan fingerprint density at radius 1 is 1.00 bits per heavy atom. The summed E-state index contributed by atoms with van der Waals surface area (Å²) in [5, 5.41) is 10.8. The lowest BCUT2D eigenvalue weighted by molar-refractivity contribution is -0.161. The second kappa shape index (κ2) is 12.3. The summed E-state index contributed by atoms with van der Waals surface area (Å²) in [6.45, 7) is 9.97. The molecule has 0 bridgehead atoms. The third kappa shape index (κ3) is 6.78. The lowest BCUT2D eigenvalue weighted by Crippen LogP contribution is -2.48. The molecule has 0 aliphatic heterocycles. The van der Waals surface area contributed by atoms with Gasteiger partial charge in [0.15, 0.2) is 0 Å². The predicted octanol–water partition coefficient (Wildman–Crippen LogP) is 5.63. The first-order valence-corrected chi connectivity index (χ1v) is 12.4. The molecule has 0 aliphatic rings. The molecule has 0 saturated carbocycles. The fourth-order valence-corrected chi connectivity index (χ4v) is 4.15. The van der Waals surface area contributed by atoms with Gasteiger partial charge in [0.25, 0.3) is 0 Å². The first-order valence-electron chi connectivity index (χ1n) is 12.4. The number of rotatable bonds is 11. The van der Waals surface area contributed by atoms with Crippen LogP contribution >= 0.6 is 0 Å². The molecule has 186 valence electrons. The lowest BCUT2D eigenvalue weighted by atomic mass is 9.96. The molecule has 0 unspecified atom stereocenters. The summed E-state index contributed by atoms with van der Waals surface area (Å²) in [6.07, 6.45) is 3.59. The molecule has 2 aromatic carbocycles. The van der Waals surface area contributed by atoms with Crippen LogP contribution in [-0.2, 0) is 20.9 Å². The quantitative estimate of drug-likeness (QED) is 0.362. The number of nitrogens with one attached hydrogen (secondary N) is 1. The normalized spacial score (nSPS) is 12.1. The van der Waals surface area contributed by atoms with Gasteiger partial charge in [-0.3, -0.25) is 4.79 Å². The Labute approximate surface area is 207 Å². The summed E-state index contributed by atoms with van der Waals surface area (Å²) in [4.78, 5) is 27.9. The van der Waals surface area contributed by atoms with Crippen molar-refractivity contribution in [1.82, 2.24) is 20.3 Å². The first-order chi connectivity index (χ1) is 16.8. The SMILES string of the molecule is CCCCC(=O)N(Cc1ccc(-c2ccccc2-c2cn[nH]n2)cc1)[C@H](C(=O)OC(C)C)C(C)C. The number of esters is 1. The Morgan fingerprint density at radius 2 is 1.69 bits per heavy atom. The largest absolute Gasteiger partial charge is 0.461 e. The van der Waals surface area contributed by atoms with Crippen LogP contribution in [-0.4, -0.2) is 44.3 Å². The van der Waals surface area contributed by atoms with Crippen molar-refractivity contribution in [3.8, 4) is 22.4 Å². The van der Waals surface area contributed by atoms with Crippen LogP contribution in [0.2, 0.25) is 0 Å². The third-order valence-corrected chi connectivity index (χ3v) is 5.86. The summed E-state index contributed by atoms with van der Waals surface area (Å²) >= 11 is 0. The summed E-state index contributed by atoms with van der Waals surface area (Å²) in [5.74, 6) is -0.440. The predicted molar refractivity (Wildman–Crippen MR) is 137 cm³/mol. The van der Waals surface area contributed by atoms with E-state index in [-0.39, 0.29) is 23.9 Å². The summed E-state index contributed by atoms with van der Waals surface area (Å²) in [7, 11) is 0. The monoisotopic (exact) mass is 476 g/mol. The van der Waals surface area contributed by atoms with Gasteiger partial charge in [0.05, 0.1) is 12.3 Å². The van der Waals surface area contributed by atoms with Crippen molar-refractivity contribution in [3.05, 3.63) is 60.3 Å². The number of unbranched alkanes of at least 4 members (excludes halogenated alkanes) is 1. The number of benzene rings is 2. The smallest absolute Gasteiger partial charge is 0.329 e. The van der Waals surface area contributed by atoms with Crippen molar-refractivity contribution in [1.29, 1.82) is 0 Å². The zero-order chi connectivity index (χ0) is 25.4. The molecule has 0 aliphatic carbocycles. The molecule has 1 amide bonds. The summed E-state index contributed by atoms with van der Waals surface area (Å²) in [6, 6.07) is 15.5. The standard InChI is InChI=1S/C28H36N4O3/c1-6-7-12-26(33)32(27(19(2)3)28(34)35-20(4)5)18-21-13-15-22(16-14-21)23-10-8-9-11-24(23)25-17-29-31-30-25/h8-11,13-17,19-20,27H,6-7,12,18H2,1-5H3,(H,29,30,31)/t27-/m0/s1. The van der Waals surface area contributed by atoms with Gasteiger partial charge in [-0.25, -0.2) is 4.79 Å². The number of carbonyl (C=O) groups excluding carboxylic acids is 2. The molecule has 35 heavy (non-hydrogen) atoms. The number of nitrogens with zero attached hydrogens (tertiary/aromatic N) is 3. The van der Waals surface area contributed by atoms with Gasteiger partial charge in [-0.05, 0) is 42.9 Å². The average molecular weight is 477 g/mol. The number of hydrogen-bond acceptors (Lipinski definition) is 5. The van der Waals surface area contributed by atoms with Crippen LogP contribution in [0, 0.1) is 5.92 Å². The Hall–Kier alpha value is -3.48. The molecule has 0 fully saturated rings. The zero-order valence-corrected chi connectivity index (χ0v) is 21.3. The van der Waals surface area contributed by atoms with E-state index < -0.39 is 6.04 Å². The highest BCUT2D eigenvalue weighted by Gasteiger charge is 2.34. The van der Waals surface area contributed by atoms with Gasteiger partial charge in [-0.2, -0.15) is 15.4 Å². The maximum atomic E-state index is 13.2. The number of ether oxygens (including phenoxy) is 1. The number of aromatic amines is 1. The van der Waals surface area contributed by atoms with Crippen molar-refractivity contribution in [2.45, 2.75) is 72.6 Å². The number of amides is 1. The molecule has 0 saturated heterocycles. The van der Waals surface area contributed by atoms with Crippen molar-refractivity contribution in [2.75, 3.05) is 0 Å². The maximum Gasteiger partial charge on any atom is 0.329 e. The Morgan fingerprint density at radius 3 is 2.26 bits per heavy atom. The average Bonchev–Trinajstić information content (AvgIpc) is 3.37. The van der Waals surface area contributed by atoms with E-state index in [0.29, 0.717) is 13.0 Å². The molecule has 1 heterocycles. The summed E-state index contributed by atoms with van der Waals surface area (Å²) < 4.78 is 5.53. The van der Waals surface area contributed by atoms with E-state index in [9.17, 15) is 9.59 Å². The zero-order valence-electron chi connectivity index (χ0n) is 21.3. The van der Waals surface area contributed by atoms with Crippen molar-refractivity contribution >= 4 is 11.9 Å². The molecule has 3 aromatic rings. The first kappa shape index (κ1) is 26.1. The van der Waals surface area contributed by atoms with Gasteiger partial charge in [0.2, 0.25) is 5.91 Å². The summed E-state index contributed by atoms with van der Waals surface area (Å²) in [5.41, 5.74) is 4.81. The van der Waals surface area contributed by atoms with E-state index >= 15 is 0 Å². The van der Waals surface area contributed by atoms with Crippen LogP contribution in [0.25, 0.3) is 22.4 Å². The van der Waals surface area contributed by atoms with Crippen LogP contribution in [0.3, 0.4) is 0 Å². The highest BCUT2D eigenvalue weighted by molar-refractivity contribution is 5.85. The van der Waals surface area contributed by atoms with Gasteiger partial charge < -0.3 is 9.64 Å². The van der Waals surface area contributed by atoms with Gasteiger partial charge >= 0.3 is 5.97 Å². The molecular weight excluding hydrogens is 440 g/mol. The number of aromatic nitrogens is 3. The highest BCUT2D eigenvalue weighted by Crippen LogP contribution is 2.31. The van der Waals surface area contributed by atoms with Crippen molar-refractivity contribution in [3.63, 3.8) is 0 Å². The molecule has 1 atom stereocenters. The Balaban J connectivity index is 1.88. The van der Waals surface area contributed by atoms with Crippen LogP contribution in [0.4, 0.5) is 0 Å². The van der Waals surface area contributed by atoms with E-state index in [1.165, 1.54) is 0 Å². The van der Waals surface area contributed by atoms with Crippen LogP contribution in [0.5, 0.6) is 0 Å². The van der Waals surface area contributed by atoms with Gasteiger partial charge in [0, 0.05) is 18.5 Å². The minimum absolute atomic E-state index is 0.0216. The molecule has 7 nitrogen and oxygen atoms in total. The third-order valence-electron chi connectivity index (χ3n) is 5.86. The minimum atomic E-state index is -0.630. The van der Waals surface area contributed by atoms with E-state index in [2.05, 4.69) is 28.4 Å². The Bertz CT molecular complexity index is 1090. The molecule has 0 spiro atoms. The van der Waals surface area contributed by atoms with E-state index in [1.54, 1.807) is 11.1 Å². The molecule has 7 heteroatoms. The Kier molecular flexibility index (Phi) is 9.18. The maximum absolute atomic E-state index is 13.2. The second-order valence-corrected chi connectivity index (χ2v) is 9.40. The molecule has 3 rings (SSSR count). The lowest BCUT2D eigenvalue weighted by Gasteiger charge is -2.33. The minimum Gasteiger partial charge on any atom is -0.461 e. The van der Waals surface area contributed by atoms with Gasteiger partial charge in [0.1, 0.15) is 11.7 Å².